The third-order valence-corrected chi connectivity index (χ3v) is 3.63. The molecule has 0 atom stereocenters. The number of benzene rings is 2. The van der Waals surface area contributed by atoms with Crippen LogP contribution in [0.25, 0.3) is 0 Å². The summed E-state index contributed by atoms with van der Waals surface area (Å²) in [7, 11) is 0. The summed E-state index contributed by atoms with van der Waals surface area (Å²) in [5.41, 5.74) is 1.47. The van der Waals surface area contributed by atoms with Crippen LogP contribution in [0.2, 0.25) is 10.0 Å². The molecular weight excluding hydrogens is 298 g/mol. The Labute approximate surface area is 127 Å². The summed E-state index contributed by atoms with van der Waals surface area (Å²) < 4.78 is 12.8. The number of rotatable bonds is 5. The summed E-state index contributed by atoms with van der Waals surface area (Å²) in [5, 5.41) is 1.29. The van der Waals surface area contributed by atoms with Gasteiger partial charge in [0.2, 0.25) is 0 Å². The van der Waals surface area contributed by atoms with Crippen LogP contribution in [0.5, 0.6) is 0 Å². The molecule has 0 aromatic heterocycles. The summed E-state index contributed by atoms with van der Waals surface area (Å²) in [6.45, 7) is 0. The van der Waals surface area contributed by atoms with E-state index in [4.69, 9.17) is 23.2 Å². The minimum absolute atomic E-state index is 0.00292. The normalized spacial score (nSPS) is 10.6. The van der Waals surface area contributed by atoms with E-state index in [-0.39, 0.29) is 11.6 Å². The first-order valence-corrected chi connectivity index (χ1v) is 7.04. The number of aryl methyl sites for hydroxylation is 1. The summed E-state index contributed by atoms with van der Waals surface area (Å²) >= 11 is 12.0. The first-order valence-electron chi connectivity index (χ1n) is 6.29. The predicted octanol–water partition coefficient (Wildman–Crippen LogP) is 5.34. The zero-order valence-corrected chi connectivity index (χ0v) is 12.2. The molecule has 0 aliphatic heterocycles. The van der Waals surface area contributed by atoms with Crippen molar-refractivity contribution in [3.8, 4) is 0 Å². The Balaban J connectivity index is 1.91. The SMILES string of the molecule is O=C(CCCc1cc(Cl)ccc1Cl)c1ccc(F)cc1. The lowest BCUT2D eigenvalue weighted by molar-refractivity contribution is 0.0980. The lowest BCUT2D eigenvalue weighted by Gasteiger charge is -2.05. The molecule has 104 valence electrons. The van der Waals surface area contributed by atoms with Gasteiger partial charge in [-0.2, -0.15) is 0 Å². The molecule has 0 amide bonds. The number of hydrogen-bond donors (Lipinski definition) is 0. The first kappa shape index (κ1) is 15.0. The number of ketones is 1. The predicted molar refractivity (Wildman–Crippen MR) is 80.1 cm³/mol. The van der Waals surface area contributed by atoms with Crippen molar-refractivity contribution < 1.29 is 9.18 Å². The maximum atomic E-state index is 12.8. The molecule has 0 saturated carbocycles. The third-order valence-electron chi connectivity index (χ3n) is 3.02. The van der Waals surface area contributed by atoms with E-state index in [1.807, 2.05) is 6.07 Å². The number of carbonyl (C=O) groups is 1. The molecule has 2 rings (SSSR count). The van der Waals surface area contributed by atoms with Crippen LogP contribution >= 0.6 is 23.2 Å². The largest absolute Gasteiger partial charge is 0.294 e. The highest BCUT2D eigenvalue weighted by molar-refractivity contribution is 6.33. The Morgan fingerprint density at radius 3 is 2.45 bits per heavy atom. The lowest BCUT2D eigenvalue weighted by Crippen LogP contribution is -2.00. The second-order valence-electron chi connectivity index (χ2n) is 4.52. The Hall–Kier alpha value is -1.38. The van der Waals surface area contributed by atoms with E-state index in [0.717, 1.165) is 5.56 Å². The Morgan fingerprint density at radius 2 is 1.75 bits per heavy atom. The molecule has 0 fully saturated rings. The molecule has 0 heterocycles. The molecular formula is C16H13Cl2FO. The van der Waals surface area contributed by atoms with Gasteiger partial charge in [-0.1, -0.05) is 23.2 Å². The molecule has 0 spiro atoms. The third kappa shape index (κ3) is 4.06. The van der Waals surface area contributed by atoms with Gasteiger partial charge < -0.3 is 0 Å². The Kier molecular flexibility index (Phi) is 5.16. The van der Waals surface area contributed by atoms with Crippen LogP contribution in [0.1, 0.15) is 28.8 Å². The van der Waals surface area contributed by atoms with Crippen LogP contribution in [-0.2, 0) is 6.42 Å². The highest BCUT2D eigenvalue weighted by Gasteiger charge is 2.07. The van der Waals surface area contributed by atoms with Crippen LogP contribution in [-0.4, -0.2) is 5.78 Å². The van der Waals surface area contributed by atoms with E-state index in [9.17, 15) is 9.18 Å². The van der Waals surface area contributed by atoms with Gasteiger partial charge in [-0.25, -0.2) is 4.39 Å². The van der Waals surface area contributed by atoms with Gasteiger partial charge in [0.05, 0.1) is 0 Å². The zero-order chi connectivity index (χ0) is 14.5. The number of hydrogen-bond acceptors (Lipinski definition) is 1. The van der Waals surface area contributed by atoms with Crippen LogP contribution in [0.3, 0.4) is 0 Å². The van der Waals surface area contributed by atoms with Gasteiger partial charge in [-0.3, -0.25) is 4.79 Å². The van der Waals surface area contributed by atoms with Gasteiger partial charge in [0.25, 0.3) is 0 Å². The lowest BCUT2D eigenvalue weighted by atomic mass is 10.0. The summed E-state index contributed by atoms with van der Waals surface area (Å²) in [4.78, 5) is 11.9. The fraction of sp³-hybridized carbons (Fsp3) is 0.188. The molecule has 4 heteroatoms. The highest BCUT2D eigenvalue weighted by Crippen LogP contribution is 2.22. The van der Waals surface area contributed by atoms with Crippen molar-refractivity contribution in [1.82, 2.24) is 0 Å². The molecule has 2 aromatic rings. The number of carbonyl (C=O) groups excluding carboxylic acids is 1. The second kappa shape index (κ2) is 6.87. The fourth-order valence-corrected chi connectivity index (χ4v) is 2.36. The average molecular weight is 311 g/mol. The molecule has 0 saturated heterocycles. The summed E-state index contributed by atoms with van der Waals surface area (Å²) in [6, 6.07) is 10.9. The van der Waals surface area contributed by atoms with E-state index in [1.54, 1.807) is 12.1 Å². The van der Waals surface area contributed by atoms with Crippen LogP contribution in [0.4, 0.5) is 4.39 Å². The Morgan fingerprint density at radius 1 is 1.05 bits per heavy atom. The molecule has 0 bridgehead atoms. The van der Waals surface area contributed by atoms with Crippen molar-refractivity contribution in [3.63, 3.8) is 0 Å². The molecule has 0 N–H and O–H groups in total. The van der Waals surface area contributed by atoms with Gasteiger partial charge >= 0.3 is 0 Å². The standard InChI is InChI=1S/C16H13Cl2FO/c17-13-6-9-15(18)12(10-13)2-1-3-16(20)11-4-7-14(19)8-5-11/h4-10H,1-3H2. The maximum absolute atomic E-state index is 12.8. The number of Topliss-reactive ketones (excluding diaryl/α,β-unsaturated/α-hetero) is 1. The van der Waals surface area contributed by atoms with Crippen molar-refractivity contribution in [3.05, 3.63) is 69.5 Å². The molecule has 2 aromatic carbocycles. The van der Waals surface area contributed by atoms with Crippen molar-refractivity contribution in [2.75, 3.05) is 0 Å². The Bertz CT molecular complexity index is 608. The maximum Gasteiger partial charge on any atom is 0.162 e. The molecule has 20 heavy (non-hydrogen) atoms. The van der Waals surface area contributed by atoms with Crippen LogP contribution in [0.15, 0.2) is 42.5 Å². The van der Waals surface area contributed by atoms with Crippen molar-refractivity contribution in [1.29, 1.82) is 0 Å². The fourth-order valence-electron chi connectivity index (χ4n) is 1.95. The van der Waals surface area contributed by atoms with Gasteiger partial charge in [-0.05, 0) is 60.9 Å². The summed E-state index contributed by atoms with van der Waals surface area (Å²) in [5.74, 6) is -0.338. The molecule has 0 aliphatic carbocycles. The molecule has 0 radical (unpaired) electrons. The quantitative estimate of drug-likeness (QED) is 0.681. The average Bonchev–Trinajstić information content (AvgIpc) is 2.43. The highest BCUT2D eigenvalue weighted by atomic mass is 35.5. The van der Waals surface area contributed by atoms with Crippen molar-refractivity contribution >= 4 is 29.0 Å². The molecule has 0 unspecified atom stereocenters. The van der Waals surface area contributed by atoms with Crippen LogP contribution < -0.4 is 0 Å². The van der Waals surface area contributed by atoms with Crippen molar-refractivity contribution in [2.45, 2.75) is 19.3 Å². The van der Waals surface area contributed by atoms with Crippen molar-refractivity contribution in [2.24, 2.45) is 0 Å². The molecule has 0 aliphatic rings. The first-order chi connectivity index (χ1) is 9.56. The second-order valence-corrected chi connectivity index (χ2v) is 5.36. The van der Waals surface area contributed by atoms with Gasteiger partial charge in [0.1, 0.15) is 5.82 Å². The van der Waals surface area contributed by atoms with E-state index in [1.165, 1.54) is 24.3 Å². The van der Waals surface area contributed by atoms with Gasteiger partial charge in [-0.15, -0.1) is 0 Å². The number of halogens is 3. The van der Waals surface area contributed by atoms with E-state index >= 15 is 0 Å². The van der Waals surface area contributed by atoms with E-state index in [2.05, 4.69) is 0 Å². The smallest absolute Gasteiger partial charge is 0.162 e. The zero-order valence-electron chi connectivity index (χ0n) is 10.7. The van der Waals surface area contributed by atoms with Crippen LogP contribution in [0, 0.1) is 5.82 Å². The minimum Gasteiger partial charge on any atom is -0.294 e. The monoisotopic (exact) mass is 310 g/mol. The van der Waals surface area contributed by atoms with E-state index in [0.29, 0.717) is 34.9 Å². The summed E-state index contributed by atoms with van der Waals surface area (Å²) in [6.07, 6.45) is 1.76. The minimum atomic E-state index is -0.341. The topological polar surface area (TPSA) is 17.1 Å². The van der Waals surface area contributed by atoms with Gasteiger partial charge in [0.15, 0.2) is 5.78 Å². The molecule has 1 nitrogen and oxygen atoms in total. The van der Waals surface area contributed by atoms with E-state index < -0.39 is 0 Å². The van der Waals surface area contributed by atoms with Gasteiger partial charge in [0, 0.05) is 22.0 Å².